The van der Waals surface area contributed by atoms with Crippen LogP contribution in [0.4, 0.5) is 0 Å². The summed E-state index contributed by atoms with van der Waals surface area (Å²) in [6.07, 6.45) is 0. The fraction of sp³-hybridized carbons (Fsp3) is 0.227. The quantitative estimate of drug-likeness (QED) is 0.358. The van der Waals surface area contributed by atoms with Crippen LogP contribution in [-0.4, -0.2) is 23.5 Å². The first-order chi connectivity index (χ1) is 14.4. The van der Waals surface area contributed by atoms with E-state index in [1.165, 1.54) is 11.8 Å². The molecule has 3 rings (SSSR count). The van der Waals surface area contributed by atoms with Gasteiger partial charge in [0.1, 0.15) is 0 Å². The van der Waals surface area contributed by atoms with Crippen LogP contribution in [0.5, 0.6) is 0 Å². The highest BCUT2D eigenvalue weighted by Gasteiger charge is 2.16. The number of carbonyl (C=O) groups is 2. The number of amides is 1. The number of thioether (sulfide) groups is 1. The third-order valence-corrected chi connectivity index (χ3v) is 6.41. The van der Waals surface area contributed by atoms with Gasteiger partial charge in [0.15, 0.2) is 6.61 Å². The minimum Gasteiger partial charge on any atom is -0.452 e. The monoisotopic (exact) mass is 460 g/mol. The summed E-state index contributed by atoms with van der Waals surface area (Å²) < 4.78 is 5.24. The first-order valence-electron chi connectivity index (χ1n) is 9.27. The molecule has 2 aromatic carbocycles. The molecule has 1 amide bonds. The van der Waals surface area contributed by atoms with Crippen LogP contribution in [-0.2, 0) is 15.3 Å². The Morgan fingerprint density at radius 3 is 2.63 bits per heavy atom. The molecule has 3 aromatic rings. The second kappa shape index (κ2) is 10.6. The van der Waals surface area contributed by atoms with Gasteiger partial charge in [-0.3, -0.25) is 4.79 Å². The number of benzene rings is 2. The summed E-state index contributed by atoms with van der Waals surface area (Å²) >= 11 is 9.00. The average Bonchev–Trinajstić information content (AvgIpc) is 3.16. The number of ether oxygens (including phenoxy) is 1. The molecule has 1 aromatic heterocycles. The number of nitrogens with zero attached hydrogens (tertiary/aromatic N) is 1. The Labute approximate surface area is 188 Å². The summed E-state index contributed by atoms with van der Waals surface area (Å²) in [5.74, 6) is -0.232. The van der Waals surface area contributed by atoms with Crippen molar-refractivity contribution < 1.29 is 14.3 Å². The maximum Gasteiger partial charge on any atom is 0.339 e. The number of hydrogen-bond donors (Lipinski definition) is 1. The fourth-order valence-corrected chi connectivity index (χ4v) is 4.49. The molecule has 0 aliphatic heterocycles. The zero-order valence-electron chi connectivity index (χ0n) is 16.6. The van der Waals surface area contributed by atoms with Gasteiger partial charge in [0.25, 0.3) is 5.91 Å². The van der Waals surface area contributed by atoms with E-state index in [0.717, 1.165) is 21.2 Å². The Balaban J connectivity index is 1.54. The van der Waals surface area contributed by atoms with Crippen LogP contribution < -0.4 is 5.32 Å². The Kier molecular flexibility index (Phi) is 7.90. The molecular formula is C22H21ClN2O3S2. The highest BCUT2D eigenvalue weighted by atomic mass is 35.5. The summed E-state index contributed by atoms with van der Waals surface area (Å²) in [5, 5.41) is 6.47. The Morgan fingerprint density at radius 1 is 1.20 bits per heavy atom. The number of carbonyl (C=O) groups excluding carboxylic acids is 2. The van der Waals surface area contributed by atoms with Gasteiger partial charge in [0.2, 0.25) is 0 Å². The van der Waals surface area contributed by atoms with Crippen molar-refractivity contribution in [2.75, 3.05) is 6.61 Å². The van der Waals surface area contributed by atoms with E-state index >= 15 is 0 Å². The van der Waals surface area contributed by atoms with Gasteiger partial charge in [0, 0.05) is 21.1 Å². The van der Waals surface area contributed by atoms with Crippen molar-refractivity contribution in [1.82, 2.24) is 10.3 Å². The van der Waals surface area contributed by atoms with Crippen molar-refractivity contribution in [3.63, 3.8) is 0 Å². The molecule has 30 heavy (non-hydrogen) atoms. The van der Waals surface area contributed by atoms with Crippen molar-refractivity contribution in [1.29, 1.82) is 0 Å². The Morgan fingerprint density at radius 2 is 1.93 bits per heavy atom. The van der Waals surface area contributed by atoms with Gasteiger partial charge in [-0.15, -0.1) is 23.1 Å². The van der Waals surface area contributed by atoms with Gasteiger partial charge in [-0.1, -0.05) is 35.9 Å². The van der Waals surface area contributed by atoms with E-state index in [1.807, 2.05) is 43.5 Å². The lowest BCUT2D eigenvalue weighted by atomic mass is 10.1. The van der Waals surface area contributed by atoms with Gasteiger partial charge in [-0.2, -0.15) is 0 Å². The molecule has 5 nitrogen and oxygen atoms in total. The van der Waals surface area contributed by atoms with E-state index in [1.54, 1.807) is 35.6 Å². The summed E-state index contributed by atoms with van der Waals surface area (Å²) in [6.45, 7) is 3.47. The molecular weight excluding hydrogens is 440 g/mol. The van der Waals surface area contributed by atoms with Gasteiger partial charge in [-0.05, 0) is 43.7 Å². The lowest BCUT2D eigenvalue weighted by Crippen LogP contribution is -2.31. The predicted octanol–water partition coefficient (Wildman–Crippen LogP) is 5.43. The lowest BCUT2D eigenvalue weighted by Gasteiger charge is -2.15. The average molecular weight is 461 g/mol. The maximum absolute atomic E-state index is 12.5. The molecule has 0 saturated carbocycles. The number of rotatable bonds is 8. The molecule has 1 unspecified atom stereocenters. The van der Waals surface area contributed by atoms with E-state index in [9.17, 15) is 9.59 Å². The van der Waals surface area contributed by atoms with Crippen molar-refractivity contribution in [3.8, 4) is 0 Å². The molecule has 1 heterocycles. The molecule has 0 bridgehead atoms. The Bertz CT molecular complexity index is 1020. The van der Waals surface area contributed by atoms with Crippen LogP contribution in [0.3, 0.4) is 0 Å². The topological polar surface area (TPSA) is 68.3 Å². The number of aromatic nitrogens is 1. The van der Waals surface area contributed by atoms with E-state index in [4.69, 9.17) is 16.3 Å². The second-order valence-electron chi connectivity index (χ2n) is 6.56. The second-order valence-corrected chi connectivity index (χ2v) is 9.08. The molecule has 156 valence electrons. The van der Waals surface area contributed by atoms with Gasteiger partial charge in [0.05, 0.1) is 22.3 Å². The molecule has 0 spiro atoms. The number of hydrogen-bond acceptors (Lipinski definition) is 6. The van der Waals surface area contributed by atoms with E-state index < -0.39 is 5.97 Å². The first kappa shape index (κ1) is 22.3. The van der Waals surface area contributed by atoms with Crippen molar-refractivity contribution in [2.24, 2.45) is 0 Å². The van der Waals surface area contributed by atoms with Crippen LogP contribution in [0.1, 0.15) is 39.6 Å². The standard InChI is InChI=1S/C22H21ClN2O3S2/c1-14(16-7-9-17(23)10-8-16)24-21(26)11-28-22(27)19-5-3-4-6-20(19)30-13-18-12-29-15(2)25-18/h3-10,12,14H,11,13H2,1-2H3,(H,24,26). The summed E-state index contributed by atoms with van der Waals surface area (Å²) in [4.78, 5) is 30.0. The fourth-order valence-electron chi connectivity index (χ4n) is 2.71. The molecule has 0 saturated heterocycles. The maximum atomic E-state index is 12.5. The largest absolute Gasteiger partial charge is 0.452 e. The van der Waals surface area contributed by atoms with Crippen LogP contribution in [0.2, 0.25) is 5.02 Å². The van der Waals surface area contributed by atoms with Crippen LogP contribution in [0.15, 0.2) is 58.8 Å². The molecule has 8 heteroatoms. The van der Waals surface area contributed by atoms with Crippen LogP contribution >= 0.6 is 34.7 Å². The predicted molar refractivity (Wildman–Crippen MR) is 121 cm³/mol. The minimum atomic E-state index is -0.526. The first-order valence-corrected chi connectivity index (χ1v) is 11.5. The summed E-state index contributed by atoms with van der Waals surface area (Å²) in [6, 6.07) is 14.2. The smallest absolute Gasteiger partial charge is 0.339 e. The lowest BCUT2D eigenvalue weighted by molar-refractivity contribution is -0.124. The van der Waals surface area contributed by atoms with E-state index in [-0.39, 0.29) is 18.6 Å². The SMILES string of the molecule is Cc1nc(CSc2ccccc2C(=O)OCC(=O)NC(C)c2ccc(Cl)cc2)cs1. The van der Waals surface area contributed by atoms with Crippen molar-refractivity contribution in [3.05, 3.63) is 80.8 Å². The highest BCUT2D eigenvalue weighted by Crippen LogP contribution is 2.27. The molecule has 0 aliphatic rings. The normalized spacial score (nSPS) is 11.7. The third kappa shape index (κ3) is 6.32. The number of halogens is 1. The number of thiazole rings is 1. The number of aryl methyl sites for hydroxylation is 1. The summed E-state index contributed by atoms with van der Waals surface area (Å²) in [5.41, 5.74) is 2.33. The van der Waals surface area contributed by atoms with Crippen LogP contribution in [0.25, 0.3) is 0 Å². The van der Waals surface area contributed by atoms with Gasteiger partial charge >= 0.3 is 5.97 Å². The molecule has 1 N–H and O–H groups in total. The molecule has 0 fully saturated rings. The third-order valence-electron chi connectivity index (χ3n) is 4.23. The van der Waals surface area contributed by atoms with Gasteiger partial charge < -0.3 is 10.1 Å². The zero-order valence-corrected chi connectivity index (χ0v) is 18.9. The van der Waals surface area contributed by atoms with E-state index in [2.05, 4.69) is 10.3 Å². The number of esters is 1. The zero-order chi connectivity index (χ0) is 21.5. The number of nitrogens with one attached hydrogen (secondary N) is 1. The minimum absolute atomic E-state index is 0.224. The van der Waals surface area contributed by atoms with Gasteiger partial charge in [-0.25, -0.2) is 9.78 Å². The van der Waals surface area contributed by atoms with E-state index in [0.29, 0.717) is 16.3 Å². The van der Waals surface area contributed by atoms with Crippen LogP contribution in [0, 0.1) is 6.92 Å². The molecule has 1 atom stereocenters. The summed E-state index contributed by atoms with van der Waals surface area (Å²) in [7, 11) is 0. The Hall–Kier alpha value is -2.35. The van der Waals surface area contributed by atoms with Crippen molar-refractivity contribution in [2.45, 2.75) is 30.5 Å². The van der Waals surface area contributed by atoms with Crippen molar-refractivity contribution >= 4 is 46.6 Å². The molecule has 0 aliphatic carbocycles. The highest BCUT2D eigenvalue weighted by molar-refractivity contribution is 7.98. The molecule has 0 radical (unpaired) electrons.